The Hall–Kier alpha value is -4.90. The molecule has 3 heterocycles. The van der Waals surface area contributed by atoms with E-state index in [0.29, 0.717) is 57.5 Å². The second-order valence-electron chi connectivity index (χ2n) is 12.0. The molecular formula is C35H31F3N2O6. The highest BCUT2D eigenvalue weighted by atomic mass is 19.4. The second-order valence-corrected chi connectivity index (χ2v) is 12.0. The molecule has 0 bridgehead atoms. The molecule has 0 fully saturated rings. The third-order valence-electron chi connectivity index (χ3n) is 7.59. The number of aryl methyl sites for hydroxylation is 1. The molecule has 0 spiro atoms. The summed E-state index contributed by atoms with van der Waals surface area (Å²) in [6.07, 6.45) is -3.72. The molecule has 11 heteroatoms. The van der Waals surface area contributed by atoms with Gasteiger partial charge in [0.15, 0.2) is 6.10 Å². The predicted octanol–water partition coefficient (Wildman–Crippen LogP) is 8.11. The van der Waals surface area contributed by atoms with Crippen LogP contribution >= 0.6 is 0 Å². The molecule has 0 unspecified atom stereocenters. The number of alkyl halides is 3. The number of rotatable bonds is 8. The van der Waals surface area contributed by atoms with E-state index in [1.165, 1.54) is 18.2 Å². The molecule has 1 aliphatic rings. The SMILES string of the molecule is Cc1cc2nc(OCc3ccccc3OC(F)(F)F)ccc2c(-c2ccc3c4c(ccnc24)CCO3)c1[C@H](OC(C)(C)C)C(=O)O. The van der Waals surface area contributed by atoms with Gasteiger partial charge in [-0.05, 0) is 80.8 Å². The third kappa shape index (κ3) is 6.28. The Morgan fingerprint density at radius 1 is 1.07 bits per heavy atom. The summed E-state index contributed by atoms with van der Waals surface area (Å²) in [5.74, 6) is -0.644. The van der Waals surface area contributed by atoms with E-state index in [0.717, 1.165) is 10.9 Å². The zero-order chi connectivity index (χ0) is 32.8. The van der Waals surface area contributed by atoms with Gasteiger partial charge in [0, 0.05) is 46.1 Å². The summed E-state index contributed by atoms with van der Waals surface area (Å²) in [6, 6.07) is 16.5. The van der Waals surface area contributed by atoms with Crippen LogP contribution in [0, 0.1) is 6.92 Å². The normalized spacial score (nSPS) is 13.8. The van der Waals surface area contributed by atoms with Crippen molar-refractivity contribution in [3.05, 3.63) is 89.1 Å². The Morgan fingerprint density at radius 2 is 1.85 bits per heavy atom. The van der Waals surface area contributed by atoms with Crippen LogP contribution in [-0.2, 0) is 22.6 Å². The van der Waals surface area contributed by atoms with Gasteiger partial charge in [0.05, 0.1) is 23.2 Å². The largest absolute Gasteiger partial charge is 0.573 e. The lowest BCUT2D eigenvalue weighted by molar-refractivity contribution is -0.275. The number of hydrogen-bond donors (Lipinski definition) is 1. The summed E-state index contributed by atoms with van der Waals surface area (Å²) >= 11 is 0. The topological polar surface area (TPSA) is 100 Å². The van der Waals surface area contributed by atoms with Crippen LogP contribution in [0.3, 0.4) is 0 Å². The molecule has 0 saturated heterocycles. The molecule has 2 aromatic heterocycles. The van der Waals surface area contributed by atoms with E-state index in [1.54, 1.807) is 58.2 Å². The monoisotopic (exact) mass is 632 g/mol. The van der Waals surface area contributed by atoms with Gasteiger partial charge in [-0.15, -0.1) is 13.2 Å². The number of para-hydroxylation sites is 1. The Labute approximate surface area is 262 Å². The maximum absolute atomic E-state index is 12.9. The summed E-state index contributed by atoms with van der Waals surface area (Å²) < 4.78 is 60.9. The van der Waals surface area contributed by atoms with Crippen molar-refractivity contribution in [2.45, 2.75) is 58.8 Å². The van der Waals surface area contributed by atoms with Crippen molar-refractivity contribution < 1.29 is 42.0 Å². The zero-order valence-corrected chi connectivity index (χ0v) is 25.6. The van der Waals surface area contributed by atoms with Crippen LogP contribution in [0.15, 0.2) is 66.9 Å². The van der Waals surface area contributed by atoms with Crippen molar-refractivity contribution >= 4 is 27.8 Å². The summed E-state index contributed by atoms with van der Waals surface area (Å²) in [7, 11) is 0. The van der Waals surface area contributed by atoms with Crippen molar-refractivity contribution in [3.63, 3.8) is 0 Å². The highest BCUT2D eigenvalue weighted by Crippen LogP contribution is 2.45. The fourth-order valence-electron chi connectivity index (χ4n) is 5.80. The van der Waals surface area contributed by atoms with Gasteiger partial charge in [-0.2, -0.15) is 0 Å². The number of pyridine rings is 2. The summed E-state index contributed by atoms with van der Waals surface area (Å²) in [5, 5.41) is 11.9. The molecule has 0 saturated carbocycles. The van der Waals surface area contributed by atoms with Crippen LogP contribution in [0.2, 0.25) is 0 Å². The first kappa shape index (κ1) is 31.1. The second kappa shape index (κ2) is 11.8. The predicted molar refractivity (Wildman–Crippen MR) is 165 cm³/mol. The highest BCUT2D eigenvalue weighted by molar-refractivity contribution is 6.08. The minimum atomic E-state index is -4.85. The van der Waals surface area contributed by atoms with Gasteiger partial charge < -0.3 is 24.1 Å². The van der Waals surface area contributed by atoms with Gasteiger partial charge in [0.25, 0.3) is 0 Å². The number of carboxylic acids is 1. The molecule has 0 radical (unpaired) electrons. The van der Waals surface area contributed by atoms with E-state index in [1.807, 2.05) is 18.2 Å². The minimum Gasteiger partial charge on any atom is -0.493 e. The van der Waals surface area contributed by atoms with Crippen LogP contribution in [0.1, 0.15) is 49.1 Å². The van der Waals surface area contributed by atoms with Gasteiger partial charge in [0.2, 0.25) is 5.88 Å². The number of carbonyl (C=O) groups is 1. The van der Waals surface area contributed by atoms with Crippen molar-refractivity contribution in [1.82, 2.24) is 9.97 Å². The molecule has 1 atom stereocenters. The lowest BCUT2D eigenvalue weighted by Gasteiger charge is -2.29. The molecule has 1 aliphatic heterocycles. The van der Waals surface area contributed by atoms with Crippen LogP contribution in [-0.4, -0.2) is 39.6 Å². The standard InChI is InChI=1S/C35H31F3N2O6/c1-19-17-24-22(10-12-27(40-24)44-18-21-7-5-6-8-25(21)45-35(36,37)38)30(28(19)32(33(41)42)46-34(2,3)4)23-9-11-26-29-20(14-16-43-26)13-15-39-31(23)29/h5-13,15,17,32H,14,16,18H2,1-4H3,(H,41,42)/t32-/m0/s1. The Bertz CT molecular complexity index is 1960. The maximum Gasteiger partial charge on any atom is 0.573 e. The van der Waals surface area contributed by atoms with Gasteiger partial charge >= 0.3 is 12.3 Å². The van der Waals surface area contributed by atoms with Crippen LogP contribution in [0.4, 0.5) is 13.2 Å². The number of fused-ring (bicyclic) bond motifs is 1. The number of ether oxygens (including phenoxy) is 4. The molecule has 6 rings (SSSR count). The van der Waals surface area contributed by atoms with Gasteiger partial charge in [-0.25, -0.2) is 9.78 Å². The number of nitrogens with zero attached hydrogens (tertiary/aromatic N) is 2. The fourth-order valence-corrected chi connectivity index (χ4v) is 5.80. The zero-order valence-electron chi connectivity index (χ0n) is 25.6. The average molecular weight is 633 g/mol. The number of benzene rings is 3. The Morgan fingerprint density at radius 3 is 2.59 bits per heavy atom. The number of halogens is 3. The molecule has 3 aromatic carbocycles. The number of aromatic nitrogens is 2. The van der Waals surface area contributed by atoms with Crippen molar-refractivity contribution in [2.24, 2.45) is 0 Å². The van der Waals surface area contributed by atoms with Crippen molar-refractivity contribution in [1.29, 1.82) is 0 Å². The molecule has 0 amide bonds. The third-order valence-corrected chi connectivity index (χ3v) is 7.59. The molecule has 238 valence electrons. The quantitative estimate of drug-likeness (QED) is 0.183. The van der Waals surface area contributed by atoms with E-state index in [4.69, 9.17) is 19.2 Å². The summed E-state index contributed by atoms with van der Waals surface area (Å²) in [5.41, 5.74) is 3.99. The van der Waals surface area contributed by atoms with Crippen LogP contribution in [0.25, 0.3) is 32.9 Å². The molecular weight excluding hydrogens is 601 g/mol. The first-order valence-corrected chi connectivity index (χ1v) is 14.6. The van der Waals surface area contributed by atoms with E-state index in [9.17, 15) is 23.1 Å². The molecule has 1 N–H and O–H groups in total. The molecule has 5 aromatic rings. The first-order chi connectivity index (χ1) is 21.8. The van der Waals surface area contributed by atoms with Gasteiger partial charge in [-0.3, -0.25) is 4.98 Å². The molecule has 46 heavy (non-hydrogen) atoms. The van der Waals surface area contributed by atoms with Crippen LogP contribution in [0.5, 0.6) is 17.4 Å². The Kier molecular flexibility index (Phi) is 7.97. The smallest absolute Gasteiger partial charge is 0.493 e. The number of aliphatic carboxylic acids is 1. The van der Waals surface area contributed by atoms with Crippen molar-refractivity contribution in [2.75, 3.05) is 6.61 Å². The number of hydrogen-bond acceptors (Lipinski definition) is 7. The lowest BCUT2D eigenvalue weighted by Crippen LogP contribution is -2.28. The minimum absolute atomic E-state index is 0.163. The maximum atomic E-state index is 12.9. The fraction of sp³-hybridized carbons (Fsp3) is 0.286. The summed E-state index contributed by atoms with van der Waals surface area (Å²) in [4.78, 5) is 22.2. The van der Waals surface area contributed by atoms with Gasteiger partial charge in [0.1, 0.15) is 18.1 Å². The highest BCUT2D eigenvalue weighted by Gasteiger charge is 2.34. The molecule has 8 nitrogen and oxygen atoms in total. The lowest BCUT2D eigenvalue weighted by atomic mass is 9.86. The van der Waals surface area contributed by atoms with Gasteiger partial charge in [-0.1, -0.05) is 18.2 Å². The van der Waals surface area contributed by atoms with E-state index in [2.05, 4.69) is 9.72 Å². The molecule has 0 aliphatic carbocycles. The number of carboxylic acid groups (broad SMARTS) is 1. The van der Waals surface area contributed by atoms with E-state index in [-0.39, 0.29) is 23.8 Å². The summed E-state index contributed by atoms with van der Waals surface area (Å²) in [6.45, 7) is 7.50. The van der Waals surface area contributed by atoms with Crippen LogP contribution < -0.4 is 14.2 Å². The Balaban J connectivity index is 1.51. The van der Waals surface area contributed by atoms with E-state index >= 15 is 0 Å². The van der Waals surface area contributed by atoms with E-state index < -0.39 is 24.0 Å². The first-order valence-electron chi connectivity index (χ1n) is 14.6. The average Bonchev–Trinajstić information content (AvgIpc) is 2.98. The van der Waals surface area contributed by atoms with Crippen molar-refractivity contribution in [3.8, 4) is 28.5 Å².